The van der Waals surface area contributed by atoms with Crippen LogP contribution in [-0.2, 0) is 0 Å². The molecule has 0 rings (SSSR count). The van der Waals surface area contributed by atoms with Crippen LogP contribution in [0.25, 0.3) is 0 Å². The van der Waals surface area contributed by atoms with E-state index in [9.17, 15) is 0 Å². The quantitative estimate of drug-likeness (QED) is 0.250. The van der Waals surface area contributed by atoms with Gasteiger partial charge >= 0.3 is 0 Å². The molecule has 0 aliphatic heterocycles. The number of rotatable bonds is 8. The van der Waals surface area contributed by atoms with Crippen LogP contribution in [0.2, 0.25) is 0 Å². The smallest absolute Gasteiger partial charge is 0.170 e. The third kappa shape index (κ3) is 7.57. The molecule has 2 heteroatoms. The van der Waals surface area contributed by atoms with E-state index < -0.39 is 0 Å². The third-order valence-corrected chi connectivity index (χ3v) is 2.07. The molecule has 13 heavy (non-hydrogen) atoms. The Kier molecular flexibility index (Phi) is 8.73. The fourth-order valence-corrected chi connectivity index (χ4v) is 1.08. The molecule has 0 amide bonds. The average Bonchev–Trinajstić information content (AvgIpc) is 2.16. The number of hydrazone groups is 1. The number of unbranched alkanes of at least 4 members (excludes halogenated alkanes) is 1. The molecule has 2 nitrogen and oxygen atoms in total. The first-order valence-electron chi connectivity index (χ1n) is 5.27. The summed E-state index contributed by atoms with van der Waals surface area (Å²) in [4.78, 5) is 0. The van der Waals surface area contributed by atoms with Gasteiger partial charge in [0.15, 0.2) is 6.21 Å². The Labute approximate surface area is 82.1 Å². The Morgan fingerprint density at radius 3 is 2.77 bits per heavy atom. The van der Waals surface area contributed by atoms with Crippen LogP contribution in [0.15, 0.2) is 12.7 Å². The number of hydrogen-bond donors (Lipinski definition) is 2. The van der Waals surface area contributed by atoms with Crippen LogP contribution in [0.1, 0.15) is 39.5 Å². The zero-order chi connectivity index (χ0) is 9.94. The van der Waals surface area contributed by atoms with E-state index in [1.165, 1.54) is 12.8 Å². The lowest BCUT2D eigenvalue weighted by Crippen LogP contribution is -2.80. The van der Waals surface area contributed by atoms with Gasteiger partial charge in [-0.05, 0) is 19.3 Å². The number of hydrazine groups is 1. The molecule has 2 N–H and O–H groups in total. The van der Waals surface area contributed by atoms with Crippen LogP contribution in [0.4, 0.5) is 0 Å². The topological polar surface area (TPSA) is 26.0 Å². The Balaban J connectivity index is 3.48. The summed E-state index contributed by atoms with van der Waals surface area (Å²) in [6, 6.07) is 0. The average molecular weight is 183 g/mol. The second kappa shape index (κ2) is 9.30. The summed E-state index contributed by atoms with van der Waals surface area (Å²) in [5, 5.41) is 3.13. The minimum Gasteiger partial charge on any atom is -0.201 e. The van der Waals surface area contributed by atoms with E-state index in [1.807, 2.05) is 6.08 Å². The molecule has 1 unspecified atom stereocenters. The molecule has 0 spiro atoms. The highest BCUT2D eigenvalue weighted by atomic mass is 15.3. The Morgan fingerprint density at radius 2 is 2.23 bits per heavy atom. The van der Waals surface area contributed by atoms with Gasteiger partial charge in [0.1, 0.15) is 0 Å². The van der Waals surface area contributed by atoms with Gasteiger partial charge in [-0.25, -0.2) is 5.43 Å². The summed E-state index contributed by atoms with van der Waals surface area (Å²) in [7, 11) is 0. The fraction of sp³-hybridized carbons (Fsp3) is 0.727. The van der Waals surface area contributed by atoms with Gasteiger partial charge in [0, 0.05) is 5.92 Å². The van der Waals surface area contributed by atoms with E-state index in [0.717, 1.165) is 19.4 Å². The maximum absolute atomic E-state index is 3.74. The van der Waals surface area contributed by atoms with Gasteiger partial charge in [0.25, 0.3) is 0 Å². The Bertz CT molecular complexity index is 141. The van der Waals surface area contributed by atoms with Crippen molar-refractivity contribution in [3.05, 3.63) is 12.7 Å². The van der Waals surface area contributed by atoms with Crippen molar-refractivity contribution < 1.29 is 5.10 Å². The first kappa shape index (κ1) is 12.2. The minimum atomic E-state index is 0.603. The van der Waals surface area contributed by atoms with Gasteiger partial charge < -0.3 is 0 Å². The monoisotopic (exact) mass is 183 g/mol. The van der Waals surface area contributed by atoms with Crippen molar-refractivity contribution in [2.24, 2.45) is 5.92 Å². The molecule has 0 aromatic heterocycles. The molecule has 0 fully saturated rings. The predicted octanol–water partition coefficient (Wildman–Crippen LogP) is 1.04. The van der Waals surface area contributed by atoms with Gasteiger partial charge in [0.2, 0.25) is 0 Å². The first-order valence-corrected chi connectivity index (χ1v) is 5.27. The summed E-state index contributed by atoms with van der Waals surface area (Å²) in [5.74, 6) is 0.603. The van der Waals surface area contributed by atoms with Crippen LogP contribution in [0.3, 0.4) is 0 Å². The molecule has 0 saturated carbocycles. The molecule has 0 heterocycles. The highest BCUT2D eigenvalue weighted by Gasteiger charge is 2.02. The summed E-state index contributed by atoms with van der Waals surface area (Å²) in [6.45, 7) is 9.16. The molecular formula is C11H23N2+. The summed E-state index contributed by atoms with van der Waals surface area (Å²) in [6.07, 6.45) is 8.76. The molecule has 0 radical (unpaired) electrons. The standard InChI is InChI=1S/C11H22N2/c1-4-7-9-12-13-10-11(6-3)8-5-2/h5,10-12H,2,4,6-9H2,1,3H3/p+1/b13-10-. The van der Waals surface area contributed by atoms with Crippen molar-refractivity contribution in [2.45, 2.75) is 39.5 Å². The third-order valence-electron chi connectivity index (χ3n) is 2.07. The maximum Gasteiger partial charge on any atom is 0.170 e. The van der Waals surface area contributed by atoms with Crippen LogP contribution in [0, 0.1) is 5.92 Å². The first-order chi connectivity index (χ1) is 6.35. The molecule has 0 saturated heterocycles. The molecular weight excluding hydrogens is 160 g/mol. The highest BCUT2D eigenvalue weighted by molar-refractivity contribution is 5.53. The zero-order valence-electron chi connectivity index (χ0n) is 8.97. The van der Waals surface area contributed by atoms with Crippen molar-refractivity contribution >= 4 is 6.21 Å². The zero-order valence-corrected chi connectivity index (χ0v) is 8.97. The van der Waals surface area contributed by atoms with Gasteiger partial charge in [-0.15, -0.1) is 11.7 Å². The van der Waals surface area contributed by atoms with E-state index in [1.54, 1.807) is 0 Å². The Hall–Kier alpha value is -0.790. The van der Waals surface area contributed by atoms with Crippen molar-refractivity contribution in [1.29, 1.82) is 0 Å². The molecule has 76 valence electrons. The van der Waals surface area contributed by atoms with E-state index in [4.69, 9.17) is 0 Å². The number of hydrogen-bond acceptors (Lipinski definition) is 1. The van der Waals surface area contributed by atoms with Crippen LogP contribution >= 0.6 is 0 Å². The maximum atomic E-state index is 3.74. The van der Waals surface area contributed by atoms with Crippen LogP contribution in [0.5, 0.6) is 0 Å². The summed E-state index contributed by atoms with van der Waals surface area (Å²) >= 11 is 0. The largest absolute Gasteiger partial charge is 0.201 e. The normalized spacial score (nSPS) is 13.1. The molecule has 0 aromatic carbocycles. The summed E-state index contributed by atoms with van der Waals surface area (Å²) < 4.78 is 0. The van der Waals surface area contributed by atoms with E-state index in [-0.39, 0.29) is 0 Å². The van der Waals surface area contributed by atoms with Gasteiger partial charge in [0.05, 0.1) is 6.54 Å². The van der Waals surface area contributed by atoms with Gasteiger partial charge in [-0.2, -0.15) is 0 Å². The van der Waals surface area contributed by atoms with E-state index in [2.05, 4.69) is 37.2 Å². The molecule has 1 atom stereocenters. The van der Waals surface area contributed by atoms with E-state index in [0.29, 0.717) is 5.92 Å². The van der Waals surface area contributed by atoms with Crippen molar-refractivity contribution in [3.63, 3.8) is 0 Å². The lowest BCUT2D eigenvalue weighted by molar-refractivity contribution is -0.523. The number of allylic oxidation sites excluding steroid dienone is 1. The van der Waals surface area contributed by atoms with Crippen molar-refractivity contribution in [3.8, 4) is 0 Å². The predicted molar refractivity (Wildman–Crippen MR) is 58.5 cm³/mol. The molecule has 0 aromatic rings. The second-order valence-electron chi connectivity index (χ2n) is 3.28. The van der Waals surface area contributed by atoms with Crippen LogP contribution < -0.4 is 10.5 Å². The van der Waals surface area contributed by atoms with E-state index >= 15 is 0 Å². The van der Waals surface area contributed by atoms with Gasteiger partial charge in [-0.3, -0.25) is 0 Å². The van der Waals surface area contributed by atoms with Crippen LogP contribution in [-0.4, -0.2) is 12.8 Å². The molecule has 0 aliphatic carbocycles. The van der Waals surface area contributed by atoms with Crippen molar-refractivity contribution in [2.75, 3.05) is 6.54 Å². The summed E-state index contributed by atoms with van der Waals surface area (Å²) in [5.41, 5.74) is 3.17. The lowest BCUT2D eigenvalue weighted by atomic mass is 10.0. The lowest BCUT2D eigenvalue weighted by Gasteiger charge is -2.00. The second-order valence-corrected chi connectivity index (χ2v) is 3.28. The molecule has 0 aliphatic rings. The highest BCUT2D eigenvalue weighted by Crippen LogP contribution is 2.02. The Morgan fingerprint density at radius 1 is 1.46 bits per heavy atom. The van der Waals surface area contributed by atoms with Gasteiger partial charge in [-0.1, -0.05) is 26.3 Å². The molecule has 0 bridgehead atoms. The van der Waals surface area contributed by atoms with Crippen molar-refractivity contribution in [1.82, 2.24) is 5.43 Å². The SMILES string of the molecule is C=CCC(/C=[NH+]\NCCCC)CC. The fourth-order valence-electron chi connectivity index (χ4n) is 1.08. The minimum absolute atomic E-state index is 0.603. The number of nitrogens with one attached hydrogen (secondary N) is 2.